The molecule has 7 nitrogen and oxygen atoms in total. The summed E-state index contributed by atoms with van der Waals surface area (Å²) in [4.78, 5) is 19.8. The van der Waals surface area contributed by atoms with Gasteiger partial charge in [-0.25, -0.2) is 14.8 Å². The Morgan fingerprint density at radius 3 is 2.79 bits per heavy atom. The van der Waals surface area contributed by atoms with E-state index in [0.29, 0.717) is 41.4 Å². The van der Waals surface area contributed by atoms with Gasteiger partial charge in [-0.15, -0.1) is 0 Å². The molecule has 24 heavy (non-hydrogen) atoms. The summed E-state index contributed by atoms with van der Waals surface area (Å²) in [6.07, 6.45) is 3.12. The van der Waals surface area contributed by atoms with Gasteiger partial charge >= 0.3 is 6.03 Å². The van der Waals surface area contributed by atoms with Gasteiger partial charge in [0.25, 0.3) is 0 Å². The summed E-state index contributed by atoms with van der Waals surface area (Å²) >= 11 is 11.8. The fourth-order valence-corrected chi connectivity index (χ4v) is 2.27. The first kappa shape index (κ1) is 18.1. The molecule has 2 aromatic rings. The van der Waals surface area contributed by atoms with E-state index in [2.05, 4.69) is 25.9 Å². The molecule has 0 fully saturated rings. The Bertz CT molecular complexity index is 699. The Hall–Kier alpha value is -2.25. The third kappa shape index (κ3) is 5.75. The number of methoxy groups -OCH3 is 1. The Labute approximate surface area is 149 Å². The van der Waals surface area contributed by atoms with Crippen molar-refractivity contribution in [2.75, 3.05) is 25.5 Å². The Balaban J connectivity index is 1.67. The van der Waals surface area contributed by atoms with Crippen LogP contribution in [0.2, 0.25) is 10.0 Å². The molecule has 0 bridgehead atoms. The van der Waals surface area contributed by atoms with Gasteiger partial charge in [-0.05, 0) is 17.7 Å². The highest BCUT2D eigenvalue weighted by Gasteiger charge is 2.04. The molecule has 0 aliphatic rings. The molecule has 0 saturated carbocycles. The number of carbonyl (C=O) groups excluding carboxylic acids is 1. The highest BCUT2D eigenvalue weighted by atomic mass is 35.5. The van der Waals surface area contributed by atoms with Gasteiger partial charge in [-0.2, -0.15) is 0 Å². The lowest BCUT2D eigenvalue weighted by Crippen LogP contribution is -2.37. The molecule has 0 unspecified atom stereocenters. The molecule has 3 N–H and O–H groups in total. The van der Waals surface area contributed by atoms with Crippen molar-refractivity contribution < 1.29 is 9.53 Å². The standard InChI is InChI=1S/C15H17Cl2N5O2/c1-24-13-6-10(2-3-18-13)8-22-15(23)20-5-4-19-14-12(17)7-11(16)9-21-14/h2-3,6-7,9H,4-5,8H2,1H3,(H,19,21)(H2,20,22,23). The van der Waals surface area contributed by atoms with E-state index in [4.69, 9.17) is 27.9 Å². The quantitative estimate of drug-likeness (QED) is 0.653. The molecule has 0 saturated heterocycles. The number of ether oxygens (including phenoxy) is 1. The van der Waals surface area contributed by atoms with E-state index < -0.39 is 0 Å². The number of anilines is 1. The Morgan fingerprint density at radius 1 is 1.21 bits per heavy atom. The van der Waals surface area contributed by atoms with Crippen LogP contribution in [-0.4, -0.2) is 36.2 Å². The lowest BCUT2D eigenvalue weighted by atomic mass is 10.2. The van der Waals surface area contributed by atoms with Crippen molar-refractivity contribution >= 4 is 35.1 Å². The maximum Gasteiger partial charge on any atom is 0.315 e. The molecule has 0 radical (unpaired) electrons. The number of halogens is 2. The second-order valence-corrected chi connectivity index (χ2v) is 5.57. The molecule has 0 aromatic carbocycles. The molecular weight excluding hydrogens is 353 g/mol. The topological polar surface area (TPSA) is 88.2 Å². The van der Waals surface area contributed by atoms with Crippen LogP contribution in [0.15, 0.2) is 30.6 Å². The second kappa shape index (κ2) is 9.14. The molecule has 0 spiro atoms. The fraction of sp³-hybridized carbons (Fsp3) is 0.267. The molecule has 2 heterocycles. The van der Waals surface area contributed by atoms with E-state index in [-0.39, 0.29) is 6.03 Å². The predicted molar refractivity (Wildman–Crippen MR) is 93.8 cm³/mol. The van der Waals surface area contributed by atoms with Crippen LogP contribution in [0.4, 0.5) is 10.6 Å². The van der Waals surface area contributed by atoms with Gasteiger partial charge in [0.2, 0.25) is 5.88 Å². The van der Waals surface area contributed by atoms with Crippen molar-refractivity contribution in [3.63, 3.8) is 0 Å². The van der Waals surface area contributed by atoms with Crippen LogP contribution in [0.5, 0.6) is 5.88 Å². The van der Waals surface area contributed by atoms with Gasteiger partial charge in [0, 0.05) is 38.1 Å². The summed E-state index contributed by atoms with van der Waals surface area (Å²) in [7, 11) is 1.54. The van der Waals surface area contributed by atoms with Gasteiger partial charge in [0.15, 0.2) is 0 Å². The molecular formula is C15H17Cl2N5O2. The predicted octanol–water partition coefficient (Wildman–Crippen LogP) is 2.70. The summed E-state index contributed by atoms with van der Waals surface area (Å²) in [6, 6.07) is 4.89. The third-order valence-corrected chi connectivity index (χ3v) is 3.47. The van der Waals surface area contributed by atoms with Crippen molar-refractivity contribution in [3.8, 4) is 5.88 Å². The van der Waals surface area contributed by atoms with Crippen molar-refractivity contribution in [1.82, 2.24) is 20.6 Å². The number of rotatable bonds is 7. The number of aromatic nitrogens is 2. The van der Waals surface area contributed by atoms with Crippen LogP contribution in [0.1, 0.15) is 5.56 Å². The zero-order valence-electron chi connectivity index (χ0n) is 13.0. The first-order valence-corrected chi connectivity index (χ1v) is 7.89. The van der Waals surface area contributed by atoms with Crippen molar-refractivity contribution in [3.05, 3.63) is 46.2 Å². The van der Waals surface area contributed by atoms with Crippen LogP contribution < -0.4 is 20.7 Å². The first-order valence-electron chi connectivity index (χ1n) is 7.14. The van der Waals surface area contributed by atoms with Gasteiger partial charge in [0.05, 0.1) is 17.2 Å². The summed E-state index contributed by atoms with van der Waals surface area (Å²) in [5.74, 6) is 1.03. The SMILES string of the molecule is COc1cc(CNC(=O)NCCNc2ncc(Cl)cc2Cl)ccn1. The summed E-state index contributed by atoms with van der Waals surface area (Å²) < 4.78 is 5.03. The average molecular weight is 370 g/mol. The molecule has 0 aliphatic heterocycles. The maximum atomic E-state index is 11.7. The number of carbonyl (C=O) groups is 1. The number of nitrogens with zero attached hydrogens (tertiary/aromatic N) is 2. The minimum atomic E-state index is -0.275. The van der Waals surface area contributed by atoms with Crippen molar-refractivity contribution in [2.24, 2.45) is 0 Å². The molecule has 128 valence electrons. The van der Waals surface area contributed by atoms with E-state index in [0.717, 1.165) is 5.56 Å². The molecule has 2 amide bonds. The summed E-state index contributed by atoms with van der Waals surface area (Å²) in [6.45, 7) is 1.26. The first-order chi connectivity index (χ1) is 11.6. The lowest BCUT2D eigenvalue weighted by molar-refractivity contribution is 0.241. The molecule has 0 atom stereocenters. The van der Waals surface area contributed by atoms with Crippen LogP contribution in [-0.2, 0) is 6.54 Å². The lowest BCUT2D eigenvalue weighted by Gasteiger charge is -2.10. The van der Waals surface area contributed by atoms with Crippen LogP contribution in [0.25, 0.3) is 0 Å². The zero-order valence-corrected chi connectivity index (χ0v) is 14.5. The van der Waals surface area contributed by atoms with Crippen molar-refractivity contribution in [2.45, 2.75) is 6.54 Å². The van der Waals surface area contributed by atoms with E-state index in [1.807, 2.05) is 0 Å². The number of hydrogen-bond acceptors (Lipinski definition) is 5. The molecule has 2 rings (SSSR count). The van der Waals surface area contributed by atoms with Gasteiger partial charge in [0.1, 0.15) is 5.82 Å². The number of nitrogens with one attached hydrogen (secondary N) is 3. The van der Waals surface area contributed by atoms with Crippen molar-refractivity contribution in [1.29, 1.82) is 0 Å². The van der Waals surface area contributed by atoms with Gasteiger partial charge in [-0.1, -0.05) is 23.2 Å². The summed E-state index contributed by atoms with van der Waals surface area (Å²) in [5, 5.41) is 9.39. The normalized spacial score (nSPS) is 10.1. The molecule has 2 aromatic heterocycles. The van der Waals surface area contributed by atoms with Crippen LogP contribution >= 0.6 is 23.2 Å². The maximum absolute atomic E-state index is 11.7. The fourth-order valence-electron chi connectivity index (χ4n) is 1.82. The Kier molecular flexibility index (Phi) is 6.89. The zero-order chi connectivity index (χ0) is 17.4. The number of hydrogen-bond donors (Lipinski definition) is 3. The van der Waals surface area contributed by atoms with E-state index >= 15 is 0 Å². The second-order valence-electron chi connectivity index (χ2n) is 4.73. The Morgan fingerprint density at radius 2 is 2.04 bits per heavy atom. The monoisotopic (exact) mass is 369 g/mol. The van der Waals surface area contributed by atoms with E-state index in [1.165, 1.54) is 6.20 Å². The third-order valence-electron chi connectivity index (χ3n) is 2.97. The smallest absolute Gasteiger partial charge is 0.315 e. The summed E-state index contributed by atoms with van der Waals surface area (Å²) in [5.41, 5.74) is 0.896. The van der Waals surface area contributed by atoms with Crippen LogP contribution in [0, 0.1) is 0 Å². The number of amides is 2. The minimum absolute atomic E-state index is 0.275. The largest absolute Gasteiger partial charge is 0.481 e. The van der Waals surface area contributed by atoms with E-state index in [1.54, 1.807) is 31.5 Å². The number of urea groups is 1. The average Bonchev–Trinajstić information content (AvgIpc) is 2.58. The minimum Gasteiger partial charge on any atom is -0.481 e. The van der Waals surface area contributed by atoms with Crippen LogP contribution in [0.3, 0.4) is 0 Å². The van der Waals surface area contributed by atoms with E-state index in [9.17, 15) is 4.79 Å². The highest BCUT2D eigenvalue weighted by Crippen LogP contribution is 2.21. The number of pyridine rings is 2. The molecule has 0 aliphatic carbocycles. The molecule has 9 heteroatoms. The highest BCUT2D eigenvalue weighted by molar-refractivity contribution is 6.35. The van der Waals surface area contributed by atoms with Gasteiger partial charge < -0.3 is 20.7 Å². The van der Waals surface area contributed by atoms with Gasteiger partial charge in [-0.3, -0.25) is 0 Å².